The highest BCUT2D eigenvalue weighted by Gasteiger charge is 2.17. The van der Waals surface area contributed by atoms with Crippen molar-refractivity contribution in [3.8, 4) is 11.5 Å². The van der Waals surface area contributed by atoms with E-state index in [1.54, 1.807) is 44.3 Å². The molecule has 1 N–H and O–H groups in total. The van der Waals surface area contributed by atoms with Crippen molar-refractivity contribution >= 4 is 30.1 Å². The first-order valence-corrected chi connectivity index (χ1v) is 18.8. The summed E-state index contributed by atoms with van der Waals surface area (Å²) in [5, 5.41) is 11.9. The van der Waals surface area contributed by atoms with Crippen molar-refractivity contribution < 1.29 is 43.3 Å². The molecule has 0 heterocycles. The van der Waals surface area contributed by atoms with Crippen LogP contribution in [-0.4, -0.2) is 62.5 Å². The third-order valence-corrected chi connectivity index (χ3v) is 8.35. The number of carbonyl (C=O) groups excluding carboxylic acids is 4. The molecule has 0 radical (unpaired) electrons. The maximum absolute atomic E-state index is 11.9. The van der Waals surface area contributed by atoms with E-state index in [0.29, 0.717) is 23.7 Å². The van der Waals surface area contributed by atoms with Crippen LogP contribution in [0, 0.1) is 16.0 Å². The van der Waals surface area contributed by atoms with Gasteiger partial charge in [0.15, 0.2) is 11.5 Å². The second-order valence-electron chi connectivity index (χ2n) is 12.6. The molecule has 0 bridgehead atoms. The van der Waals surface area contributed by atoms with E-state index >= 15 is 0 Å². The molecule has 1 saturated carbocycles. The average molecular weight is 733 g/mol. The van der Waals surface area contributed by atoms with Crippen molar-refractivity contribution in [3.63, 3.8) is 0 Å². The van der Waals surface area contributed by atoms with E-state index in [1.807, 2.05) is 13.0 Å². The van der Waals surface area contributed by atoms with Gasteiger partial charge < -0.3 is 29.2 Å². The van der Waals surface area contributed by atoms with E-state index in [9.17, 15) is 29.3 Å². The zero-order valence-electron chi connectivity index (χ0n) is 32.2. The summed E-state index contributed by atoms with van der Waals surface area (Å²) in [5.41, 5.74) is 0.758. The van der Waals surface area contributed by atoms with Gasteiger partial charge in [-0.2, -0.15) is 0 Å². The van der Waals surface area contributed by atoms with Gasteiger partial charge in [-0.05, 0) is 82.7 Å². The Balaban J connectivity index is 0.000000903. The molecule has 0 spiro atoms. The minimum Gasteiger partial charge on any atom is -0.493 e. The highest BCUT2D eigenvalue weighted by molar-refractivity contribution is 5.79. The van der Waals surface area contributed by atoms with Gasteiger partial charge in [-0.1, -0.05) is 82.6 Å². The Morgan fingerprint density at radius 3 is 2.35 bits per heavy atom. The molecule has 2 rings (SSSR count). The van der Waals surface area contributed by atoms with E-state index in [0.717, 1.165) is 49.9 Å². The quantitative estimate of drug-likeness (QED) is 0.0195. The molecule has 0 saturated heterocycles. The van der Waals surface area contributed by atoms with E-state index in [2.05, 4.69) is 23.2 Å². The van der Waals surface area contributed by atoms with Crippen LogP contribution in [0.15, 0.2) is 36.4 Å². The van der Waals surface area contributed by atoms with Crippen molar-refractivity contribution in [1.82, 2.24) is 5.32 Å². The monoisotopic (exact) mass is 732 g/mol. The number of ketones is 1. The highest BCUT2D eigenvalue weighted by Crippen LogP contribution is 2.30. The number of methoxy groups -OCH3 is 1. The lowest BCUT2D eigenvalue weighted by molar-refractivity contribution is -0.757. The van der Waals surface area contributed by atoms with Crippen LogP contribution in [0.1, 0.15) is 135 Å². The molecule has 12 heteroatoms. The van der Waals surface area contributed by atoms with Crippen LogP contribution in [0.25, 0.3) is 6.08 Å². The van der Waals surface area contributed by atoms with Gasteiger partial charge in [-0.3, -0.25) is 9.59 Å². The fourth-order valence-corrected chi connectivity index (χ4v) is 5.14. The number of nitrogens with one attached hydrogen (secondary N) is 1. The summed E-state index contributed by atoms with van der Waals surface area (Å²) in [5.74, 6) is 1.18. The number of ether oxygens (including phenoxy) is 3. The standard InChI is InChI=1S/C18H24N2O8.C15H28O.C7H12O/c1-13(19-2)18(22)28-15-9-8-14(12-16(15)25-3)6-4-10-26-17(21)7-5-11-27-20(23)24;1-2-3-4-5-6-11-15(16)13-12-14-9-7-8-10-14;1-2-3-4-5-6-7-8/h4,6,8-9,12-13,19H,5,7,10-11H2,1-3H3;14H,2-13H2,1H3;2-3,7H,4-6H2,1H3/b6-4+;;3-2-. The van der Waals surface area contributed by atoms with E-state index < -0.39 is 23.1 Å². The van der Waals surface area contributed by atoms with Crippen LogP contribution in [0.4, 0.5) is 0 Å². The van der Waals surface area contributed by atoms with Gasteiger partial charge in [0.25, 0.3) is 5.09 Å². The number of nitrogens with zero attached hydrogens (tertiary/aromatic N) is 1. The first-order valence-electron chi connectivity index (χ1n) is 18.8. The third kappa shape index (κ3) is 26.7. The number of allylic oxidation sites excluding steroid dienone is 2. The van der Waals surface area contributed by atoms with Crippen LogP contribution in [-0.2, 0) is 28.8 Å². The Morgan fingerprint density at radius 1 is 0.981 bits per heavy atom. The van der Waals surface area contributed by atoms with Crippen LogP contribution in [0.3, 0.4) is 0 Å². The summed E-state index contributed by atoms with van der Waals surface area (Å²) in [6.45, 7) is 5.80. The normalized spacial score (nSPS) is 13.0. The van der Waals surface area contributed by atoms with Gasteiger partial charge in [0, 0.05) is 25.7 Å². The largest absolute Gasteiger partial charge is 0.493 e. The second kappa shape index (κ2) is 32.8. The Kier molecular flexibility index (Phi) is 30.3. The third-order valence-electron chi connectivity index (χ3n) is 8.35. The SMILES string of the molecule is C/C=C\CCCC=O.CCCCCCCC(=O)CCC1CCCC1.CNC(C)C(=O)Oc1ccc(/C=C/COC(=O)CCCO[N+](=O)[O-])cc1OC. The summed E-state index contributed by atoms with van der Waals surface area (Å²) in [6.07, 6.45) is 26.1. The lowest BCUT2D eigenvalue weighted by Gasteiger charge is -2.13. The van der Waals surface area contributed by atoms with Crippen LogP contribution in [0.5, 0.6) is 11.5 Å². The van der Waals surface area contributed by atoms with Gasteiger partial charge in [0.1, 0.15) is 24.7 Å². The summed E-state index contributed by atoms with van der Waals surface area (Å²) in [7, 11) is 3.12. The van der Waals surface area contributed by atoms with Crippen LogP contribution in [0.2, 0.25) is 0 Å². The number of carbonyl (C=O) groups is 4. The number of esters is 2. The Hall–Kier alpha value is -4.06. The summed E-state index contributed by atoms with van der Waals surface area (Å²) in [6, 6.07) is 4.56. The molecule has 12 nitrogen and oxygen atoms in total. The number of benzene rings is 1. The molecule has 1 aromatic rings. The van der Waals surface area contributed by atoms with Crippen LogP contribution < -0.4 is 14.8 Å². The summed E-state index contributed by atoms with van der Waals surface area (Å²) < 4.78 is 15.5. The van der Waals surface area contributed by atoms with Gasteiger partial charge in [-0.15, -0.1) is 10.1 Å². The molecule has 1 fully saturated rings. The van der Waals surface area contributed by atoms with Crippen molar-refractivity contribution in [2.75, 3.05) is 27.4 Å². The maximum atomic E-state index is 11.9. The minimum absolute atomic E-state index is 0.0284. The molecule has 0 amide bonds. The molecular formula is C40H64N2O10. The smallest absolute Gasteiger partial charge is 0.328 e. The maximum Gasteiger partial charge on any atom is 0.328 e. The number of Topliss-reactive ketones (excluding diaryl/α,β-unsaturated/α-hetero) is 1. The van der Waals surface area contributed by atoms with Gasteiger partial charge in [0.05, 0.1) is 13.7 Å². The first kappa shape index (κ1) is 47.9. The van der Waals surface area contributed by atoms with E-state index in [1.165, 1.54) is 64.9 Å². The van der Waals surface area contributed by atoms with Crippen molar-refractivity contribution in [2.24, 2.45) is 5.92 Å². The van der Waals surface area contributed by atoms with Crippen molar-refractivity contribution in [1.29, 1.82) is 0 Å². The molecule has 1 aliphatic carbocycles. The lowest BCUT2D eigenvalue weighted by atomic mass is 9.98. The fourth-order valence-electron chi connectivity index (χ4n) is 5.14. The predicted molar refractivity (Wildman–Crippen MR) is 204 cm³/mol. The zero-order valence-corrected chi connectivity index (χ0v) is 32.2. The Labute approximate surface area is 311 Å². The Morgan fingerprint density at radius 2 is 1.71 bits per heavy atom. The number of hydrogen-bond donors (Lipinski definition) is 1. The molecule has 1 atom stereocenters. The Bertz CT molecular complexity index is 1190. The average Bonchev–Trinajstić information content (AvgIpc) is 3.67. The van der Waals surface area contributed by atoms with Gasteiger partial charge in [0.2, 0.25) is 0 Å². The summed E-state index contributed by atoms with van der Waals surface area (Å²) in [4.78, 5) is 58.8. The molecule has 52 heavy (non-hydrogen) atoms. The predicted octanol–water partition coefficient (Wildman–Crippen LogP) is 8.57. The van der Waals surface area contributed by atoms with Gasteiger partial charge in [-0.25, -0.2) is 4.79 Å². The molecule has 294 valence electrons. The topological polar surface area (TPSA) is 160 Å². The summed E-state index contributed by atoms with van der Waals surface area (Å²) >= 11 is 0. The molecule has 0 aliphatic heterocycles. The van der Waals surface area contributed by atoms with Crippen molar-refractivity contribution in [3.05, 3.63) is 52.1 Å². The molecule has 1 aliphatic rings. The molecule has 1 aromatic carbocycles. The number of unbranched alkanes of at least 4 members (excludes halogenated alkanes) is 6. The minimum atomic E-state index is -0.907. The van der Waals surface area contributed by atoms with Crippen LogP contribution >= 0.6 is 0 Å². The number of hydrogen-bond acceptors (Lipinski definition) is 11. The van der Waals surface area contributed by atoms with E-state index in [-0.39, 0.29) is 26.1 Å². The first-order chi connectivity index (χ1) is 25.1. The second-order valence-corrected chi connectivity index (χ2v) is 12.6. The zero-order chi connectivity index (χ0) is 38.8. The molecule has 1 unspecified atom stereocenters. The lowest BCUT2D eigenvalue weighted by Crippen LogP contribution is -2.34. The van der Waals surface area contributed by atoms with E-state index in [4.69, 9.17) is 14.2 Å². The molecule has 0 aromatic heterocycles. The highest BCUT2D eigenvalue weighted by atomic mass is 16.9. The number of aldehydes is 1. The van der Waals surface area contributed by atoms with Gasteiger partial charge >= 0.3 is 11.9 Å². The van der Waals surface area contributed by atoms with Crippen molar-refractivity contribution in [2.45, 2.75) is 136 Å². The molecular weight excluding hydrogens is 668 g/mol. The number of likely N-dealkylation sites (N-methyl/N-ethyl adjacent to an activating group) is 1. The fraction of sp³-hybridized carbons (Fsp3) is 0.650. The number of rotatable bonds is 25.